The van der Waals surface area contributed by atoms with Crippen LogP contribution in [0.2, 0.25) is 0 Å². The van der Waals surface area contributed by atoms with Crippen LogP contribution in [0.3, 0.4) is 0 Å². The second-order valence-corrected chi connectivity index (χ2v) is 6.26. The van der Waals surface area contributed by atoms with Gasteiger partial charge in [-0.25, -0.2) is 0 Å². The van der Waals surface area contributed by atoms with E-state index in [9.17, 15) is 9.90 Å². The standard InChI is InChI=1S/C17H29N3O3/c1-2-3-4-5-20-14-17(23)16(22)12-15(20)13-19-8-6-18(7-9-19)10-11-21/h12,14,21,23H,2-11,13H2,1H3. The van der Waals surface area contributed by atoms with Gasteiger partial charge in [-0.1, -0.05) is 19.8 Å². The number of aryl methyl sites for hydroxylation is 1. The molecule has 130 valence electrons. The van der Waals surface area contributed by atoms with Gasteiger partial charge in [-0.05, 0) is 6.42 Å². The average Bonchev–Trinajstić information content (AvgIpc) is 2.54. The van der Waals surface area contributed by atoms with Gasteiger partial charge in [0.05, 0.1) is 12.8 Å². The van der Waals surface area contributed by atoms with Crippen LogP contribution in [0.1, 0.15) is 31.9 Å². The molecule has 1 aliphatic heterocycles. The number of pyridine rings is 1. The number of aliphatic hydroxyl groups excluding tert-OH is 1. The van der Waals surface area contributed by atoms with Crippen molar-refractivity contribution < 1.29 is 10.2 Å². The fraction of sp³-hybridized carbons (Fsp3) is 0.706. The number of unbranched alkanes of at least 4 members (excludes halogenated alkanes) is 2. The van der Waals surface area contributed by atoms with E-state index in [1.54, 1.807) is 12.3 Å². The van der Waals surface area contributed by atoms with Crippen LogP contribution in [0.5, 0.6) is 5.75 Å². The van der Waals surface area contributed by atoms with Gasteiger partial charge in [0.1, 0.15) is 0 Å². The van der Waals surface area contributed by atoms with Crippen LogP contribution in [-0.2, 0) is 13.1 Å². The summed E-state index contributed by atoms with van der Waals surface area (Å²) in [7, 11) is 0. The summed E-state index contributed by atoms with van der Waals surface area (Å²) in [5.74, 6) is -0.169. The molecule has 0 atom stereocenters. The number of rotatable bonds is 8. The summed E-state index contributed by atoms with van der Waals surface area (Å²) in [6, 6.07) is 1.57. The van der Waals surface area contributed by atoms with E-state index in [1.807, 2.05) is 4.57 Å². The van der Waals surface area contributed by atoms with E-state index in [2.05, 4.69) is 16.7 Å². The van der Waals surface area contributed by atoms with E-state index in [0.29, 0.717) is 0 Å². The smallest absolute Gasteiger partial charge is 0.223 e. The van der Waals surface area contributed by atoms with Crippen LogP contribution < -0.4 is 5.43 Å². The maximum atomic E-state index is 11.8. The van der Waals surface area contributed by atoms with Crippen LogP contribution in [0.15, 0.2) is 17.1 Å². The highest BCUT2D eigenvalue weighted by Crippen LogP contribution is 2.12. The fourth-order valence-corrected chi connectivity index (χ4v) is 3.02. The van der Waals surface area contributed by atoms with Gasteiger partial charge in [0.15, 0.2) is 5.75 Å². The van der Waals surface area contributed by atoms with Crippen molar-refractivity contribution in [1.29, 1.82) is 0 Å². The Morgan fingerprint density at radius 1 is 1.09 bits per heavy atom. The number of aliphatic hydroxyl groups is 1. The molecule has 1 fully saturated rings. The summed E-state index contributed by atoms with van der Waals surface area (Å²) < 4.78 is 2.02. The number of β-amino-alcohol motifs (C(OH)–C–C–N with tert-alkyl or cyclic N) is 1. The second-order valence-electron chi connectivity index (χ2n) is 6.26. The van der Waals surface area contributed by atoms with E-state index >= 15 is 0 Å². The molecule has 0 radical (unpaired) electrons. The molecule has 23 heavy (non-hydrogen) atoms. The summed E-state index contributed by atoms with van der Waals surface area (Å²) in [4.78, 5) is 16.4. The van der Waals surface area contributed by atoms with Crippen LogP contribution in [0.25, 0.3) is 0 Å². The van der Waals surface area contributed by atoms with Crippen molar-refractivity contribution in [3.63, 3.8) is 0 Å². The molecule has 0 spiro atoms. The molecule has 6 heteroatoms. The summed E-state index contributed by atoms with van der Waals surface area (Å²) in [6.45, 7) is 8.42. The van der Waals surface area contributed by atoms with E-state index in [1.165, 1.54) is 0 Å². The lowest BCUT2D eigenvalue weighted by Gasteiger charge is -2.34. The molecule has 1 aromatic rings. The molecular formula is C17H29N3O3. The first-order chi connectivity index (χ1) is 11.1. The molecule has 0 saturated carbocycles. The SMILES string of the molecule is CCCCCn1cc(O)c(=O)cc1CN1CCN(CCO)CC1. The second kappa shape index (κ2) is 9.05. The van der Waals surface area contributed by atoms with Crippen LogP contribution >= 0.6 is 0 Å². The quantitative estimate of drug-likeness (QED) is 0.694. The predicted octanol–water partition coefficient (Wildman–Crippen LogP) is 0.854. The van der Waals surface area contributed by atoms with Crippen molar-refractivity contribution in [2.75, 3.05) is 39.3 Å². The van der Waals surface area contributed by atoms with Crippen molar-refractivity contribution in [2.45, 2.75) is 39.3 Å². The van der Waals surface area contributed by atoms with Gasteiger partial charge in [-0.15, -0.1) is 0 Å². The molecule has 0 unspecified atom stereocenters. The molecule has 1 aromatic heterocycles. The Hall–Kier alpha value is -1.37. The number of hydrogen-bond donors (Lipinski definition) is 2. The Balaban J connectivity index is 2.00. The highest BCUT2D eigenvalue weighted by Gasteiger charge is 2.18. The maximum absolute atomic E-state index is 11.8. The first-order valence-electron chi connectivity index (χ1n) is 8.62. The first-order valence-corrected chi connectivity index (χ1v) is 8.62. The van der Waals surface area contributed by atoms with Gasteiger partial charge >= 0.3 is 0 Å². The molecule has 1 aliphatic rings. The zero-order valence-electron chi connectivity index (χ0n) is 14.1. The van der Waals surface area contributed by atoms with Crippen LogP contribution in [0.4, 0.5) is 0 Å². The third-order valence-corrected chi connectivity index (χ3v) is 4.47. The number of aromatic nitrogens is 1. The largest absolute Gasteiger partial charge is 0.503 e. The van der Waals surface area contributed by atoms with Crippen LogP contribution in [0, 0.1) is 0 Å². The molecule has 0 amide bonds. The molecule has 1 saturated heterocycles. The summed E-state index contributed by atoms with van der Waals surface area (Å²) in [5.41, 5.74) is 0.671. The lowest BCUT2D eigenvalue weighted by atomic mass is 10.2. The Morgan fingerprint density at radius 3 is 2.43 bits per heavy atom. The number of aromatic hydroxyl groups is 1. The Bertz CT molecular complexity index is 536. The lowest BCUT2D eigenvalue weighted by Crippen LogP contribution is -2.47. The zero-order chi connectivity index (χ0) is 16.7. The molecule has 2 rings (SSSR count). The molecule has 6 nitrogen and oxygen atoms in total. The van der Waals surface area contributed by atoms with Crippen molar-refractivity contribution in [2.24, 2.45) is 0 Å². The monoisotopic (exact) mass is 323 g/mol. The highest BCUT2D eigenvalue weighted by molar-refractivity contribution is 5.20. The number of nitrogens with zero attached hydrogens (tertiary/aromatic N) is 3. The van der Waals surface area contributed by atoms with Gasteiger partial charge in [-0.3, -0.25) is 14.6 Å². The molecular weight excluding hydrogens is 294 g/mol. The molecule has 2 heterocycles. The normalized spacial score (nSPS) is 16.8. The topological polar surface area (TPSA) is 68.9 Å². The van der Waals surface area contributed by atoms with Crippen molar-refractivity contribution in [3.05, 3.63) is 28.2 Å². The van der Waals surface area contributed by atoms with E-state index in [-0.39, 0.29) is 17.8 Å². The van der Waals surface area contributed by atoms with Crippen molar-refractivity contribution in [1.82, 2.24) is 14.4 Å². The minimum absolute atomic E-state index is 0.169. The molecule has 0 bridgehead atoms. The fourth-order valence-electron chi connectivity index (χ4n) is 3.02. The van der Waals surface area contributed by atoms with E-state index < -0.39 is 0 Å². The minimum atomic E-state index is -0.300. The average molecular weight is 323 g/mol. The molecule has 0 aromatic carbocycles. The van der Waals surface area contributed by atoms with Crippen molar-refractivity contribution in [3.8, 4) is 5.75 Å². The summed E-state index contributed by atoms with van der Waals surface area (Å²) >= 11 is 0. The van der Waals surface area contributed by atoms with Gasteiger partial charge in [0.25, 0.3) is 0 Å². The third-order valence-electron chi connectivity index (χ3n) is 4.47. The zero-order valence-corrected chi connectivity index (χ0v) is 14.1. The van der Waals surface area contributed by atoms with Gasteiger partial charge in [0, 0.05) is 57.6 Å². The Morgan fingerprint density at radius 2 is 1.78 bits per heavy atom. The predicted molar refractivity (Wildman–Crippen MR) is 90.7 cm³/mol. The number of hydrogen-bond acceptors (Lipinski definition) is 5. The molecule has 0 aliphatic carbocycles. The van der Waals surface area contributed by atoms with Crippen molar-refractivity contribution >= 4 is 0 Å². The van der Waals surface area contributed by atoms with E-state index in [0.717, 1.165) is 70.8 Å². The highest BCUT2D eigenvalue weighted by atomic mass is 16.3. The van der Waals surface area contributed by atoms with Gasteiger partial charge in [0.2, 0.25) is 5.43 Å². The number of piperazine rings is 1. The maximum Gasteiger partial charge on any atom is 0.223 e. The third kappa shape index (κ3) is 5.34. The van der Waals surface area contributed by atoms with E-state index in [4.69, 9.17) is 5.11 Å². The van der Waals surface area contributed by atoms with Gasteiger partial charge in [-0.2, -0.15) is 0 Å². The van der Waals surface area contributed by atoms with Gasteiger partial charge < -0.3 is 14.8 Å². The Kier molecular flexibility index (Phi) is 7.08. The minimum Gasteiger partial charge on any atom is -0.503 e. The first kappa shape index (κ1) is 18.0. The summed E-state index contributed by atoms with van der Waals surface area (Å²) in [5, 5.41) is 18.7. The molecule has 2 N–H and O–H groups in total. The van der Waals surface area contributed by atoms with Crippen LogP contribution in [-0.4, -0.2) is 63.9 Å². The lowest BCUT2D eigenvalue weighted by molar-refractivity contribution is 0.106. The summed E-state index contributed by atoms with van der Waals surface area (Å²) in [6.07, 6.45) is 4.92. The Labute approximate surface area is 138 Å².